The average molecular weight is 193 g/mol. The lowest BCUT2D eigenvalue weighted by molar-refractivity contribution is 0.385. The lowest BCUT2D eigenvalue weighted by Crippen LogP contribution is -2.28. The van der Waals surface area contributed by atoms with Crippen molar-refractivity contribution in [3.8, 4) is 12.3 Å². The Morgan fingerprint density at radius 2 is 2.29 bits per heavy atom. The van der Waals surface area contributed by atoms with Crippen molar-refractivity contribution in [1.82, 2.24) is 0 Å². The lowest BCUT2D eigenvalue weighted by atomic mass is 9.93. The standard InChI is InChI=1S/C13H23N/c1-3-5-6-7-13(14)12-9-8-11(4-2)10-12/h1,11-13H,4-10,14H2,2H3. The monoisotopic (exact) mass is 193 g/mol. The van der Waals surface area contributed by atoms with Gasteiger partial charge in [0.15, 0.2) is 0 Å². The zero-order valence-electron chi connectivity index (χ0n) is 9.34. The summed E-state index contributed by atoms with van der Waals surface area (Å²) in [6, 6.07) is 0.403. The Balaban J connectivity index is 2.18. The number of terminal acetylenes is 1. The van der Waals surface area contributed by atoms with E-state index in [-0.39, 0.29) is 0 Å². The molecule has 0 aliphatic heterocycles. The van der Waals surface area contributed by atoms with E-state index in [1.165, 1.54) is 25.7 Å². The zero-order chi connectivity index (χ0) is 10.4. The maximum Gasteiger partial charge on any atom is 0.00866 e. The van der Waals surface area contributed by atoms with Gasteiger partial charge in [0.25, 0.3) is 0 Å². The van der Waals surface area contributed by atoms with Crippen molar-refractivity contribution in [2.24, 2.45) is 17.6 Å². The summed E-state index contributed by atoms with van der Waals surface area (Å²) >= 11 is 0. The van der Waals surface area contributed by atoms with Crippen LogP contribution < -0.4 is 5.73 Å². The van der Waals surface area contributed by atoms with Gasteiger partial charge in [-0.1, -0.05) is 19.8 Å². The van der Waals surface area contributed by atoms with E-state index in [9.17, 15) is 0 Å². The van der Waals surface area contributed by atoms with Crippen LogP contribution in [0, 0.1) is 24.2 Å². The number of nitrogens with two attached hydrogens (primary N) is 1. The summed E-state index contributed by atoms with van der Waals surface area (Å²) in [7, 11) is 0. The van der Waals surface area contributed by atoms with Crippen LogP contribution in [0.3, 0.4) is 0 Å². The molecule has 0 aromatic heterocycles. The molecule has 0 amide bonds. The largest absolute Gasteiger partial charge is 0.327 e. The van der Waals surface area contributed by atoms with E-state index in [1.54, 1.807) is 0 Å². The quantitative estimate of drug-likeness (QED) is 0.527. The minimum absolute atomic E-state index is 0.403. The molecule has 14 heavy (non-hydrogen) atoms. The fraction of sp³-hybridized carbons (Fsp3) is 0.846. The van der Waals surface area contributed by atoms with Crippen LogP contribution in [0.25, 0.3) is 0 Å². The van der Waals surface area contributed by atoms with Gasteiger partial charge in [-0.3, -0.25) is 0 Å². The highest BCUT2D eigenvalue weighted by Gasteiger charge is 2.27. The molecule has 1 rings (SSSR count). The van der Waals surface area contributed by atoms with Gasteiger partial charge in [-0.2, -0.15) is 0 Å². The maximum atomic E-state index is 6.17. The predicted octanol–water partition coefficient (Wildman–Crippen LogP) is 2.94. The summed E-state index contributed by atoms with van der Waals surface area (Å²) in [4.78, 5) is 0. The molecule has 0 spiro atoms. The van der Waals surface area contributed by atoms with Crippen molar-refractivity contribution in [2.45, 2.75) is 57.9 Å². The topological polar surface area (TPSA) is 26.0 Å². The Labute approximate surface area is 88.5 Å². The van der Waals surface area contributed by atoms with Gasteiger partial charge < -0.3 is 5.73 Å². The fourth-order valence-electron chi connectivity index (χ4n) is 2.55. The van der Waals surface area contributed by atoms with Crippen LogP contribution in [0.5, 0.6) is 0 Å². The van der Waals surface area contributed by atoms with Crippen LogP contribution in [0.2, 0.25) is 0 Å². The Bertz CT molecular complexity index is 192. The van der Waals surface area contributed by atoms with Gasteiger partial charge in [0.2, 0.25) is 0 Å². The van der Waals surface area contributed by atoms with Gasteiger partial charge in [0.1, 0.15) is 0 Å². The van der Waals surface area contributed by atoms with Crippen LogP contribution in [0.1, 0.15) is 51.9 Å². The van der Waals surface area contributed by atoms with Gasteiger partial charge in [0, 0.05) is 12.5 Å². The maximum absolute atomic E-state index is 6.17. The zero-order valence-corrected chi connectivity index (χ0v) is 9.34. The third-order valence-electron chi connectivity index (χ3n) is 3.62. The minimum atomic E-state index is 0.403. The molecule has 3 atom stereocenters. The van der Waals surface area contributed by atoms with Crippen molar-refractivity contribution in [3.05, 3.63) is 0 Å². The molecule has 1 heteroatoms. The van der Waals surface area contributed by atoms with Gasteiger partial charge in [-0.25, -0.2) is 0 Å². The summed E-state index contributed by atoms with van der Waals surface area (Å²) < 4.78 is 0. The smallest absolute Gasteiger partial charge is 0.00866 e. The lowest BCUT2D eigenvalue weighted by Gasteiger charge is -2.18. The number of hydrogen-bond acceptors (Lipinski definition) is 1. The highest BCUT2D eigenvalue weighted by Crippen LogP contribution is 2.35. The summed E-state index contributed by atoms with van der Waals surface area (Å²) in [6.45, 7) is 2.29. The molecule has 1 aliphatic rings. The highest BCUT2D eigenvalue weighted by molar-refractivity contribution is 4.86. The Morgan fingerprint density at radius 1 is 1.50 bits per heavy atom. The van der Waals surface area contributed by atoms with Gasteiger partial charge in [0.05, 0.1) is 0 Å². The van der Waals surface area contributed by atoms with Crippen molar-refractivity contribution in [3.63, 3.8) is 0 Å². The van der Waals surface area contributed by atoms with E-state index in [1.807, 2.05) is 0 Å². The molecule has 1 saturated carbocycles. The normalized spacial score (nSPS) is 28.6. The molecule has 0 radical (unpaired) electrons. The first-order valence-electron chi connectivity index (χ1n) is 5.97. The molecule has 0 aromatic rings. The highest BCUT2D eigenvalue weighted by atomic mass is 14.7. The molecule has 0 saturated heterocycles. The van der Waals surface area contributed by atoms with Crippen LogP contribution >= 0.6 is 0 Å². The van der Waals surface area contributed by atoms with Gasteiger partial charge in [-0.05, 0) is 37.5 Å². The molecule has 0 aromatic carbocycles. The van der Waals surface area contributed by atoms with E-state index >= 15 is 0 Å². The van der Waals surface area contributed by atoms with Crippen molar-refractivity contribution >= 4 is 0 Å². The predicted molar refractivity (Wildman–Crippen MR) is 61.8 cm³/mol. The molecule has 0 bridgehead atoms. The summed E-state index contributed by atoms with van der Waals surface area (Å²) in [5.74, 6) is 4.40. The van der Waals surface area contributed by atoms with Gasteiger partial charge >= 0.3 is 0 Å². The minimum Gasteiger partial charge on any atom is -0.327 e. The number of rotatable bonds is 5. The summed E-state index contributed by atoms with van der Waals surface area (Å²) in [5.41, 5.74) is 6.17. The van der Waals surface area contributed by atoms with E-state index in [0.717, 1.165) is 31.1 Å². The number of unbranched alkanes of at least 4 members (excludes halogenated alkanes) is 1. The molecule has 1 fully saturated rings. The molecular formula is C13H23N. The first kappa shape index (κ1) is 11.6. The SMILES string of the molecule is C#CCCCC(N)C1CCC(CC)C1. The molecule has 3 unspecified atom stereocenters. The van der Waals surface area contributed by atoms with Crippen LogP contribution in [0.4, 0.5) is 0 Å². The fourth-order valence-corrected chi connectivity index (χ4v) is 2.55. The third kappa shape index (κ3) is 3.35. The van der Waals surface area contributed by atoms with Gasteiger partial charge in [-0.15, -0.1) is 12.3 Å². The Morgan fingerprint density at radius 3 is 2.86 bits per heavy atom. The Hall–Kier alpha value is -0.480. The molecule has 1 aliphatic carbocycles. The van der Waals surface area contributed by atoms with E-state index < -0.39 is 0 Å². The molecule has 80 valence electrons. The summed E-state index contributed by atoms with van der Waals surface area (Å²) in [5, 5.41) is 0. The van der Waals surface area contributed by atoms with E-state index in [2.05, 4.69) is 12.8 Å². The van der Waals surface area contributed by atoms with E-state index in [0.29, 0.717) is 6.04 Å². The second kappa shape index (κ2) is 6.09. The first-order valence-corrected chi connectivity index (χ1v) is 5.97. The third-order valence-corrected chi connectivity index (χ3v) is 3.62. The van der Waals surface area contributed by atoms with Crippen LogP contribution in [0.15, 0.2) is 0 Å². The van der Waals surface area contributed by atoms with E-state index in [4.69, 9.17) is 12.2 Å². The second-order valence-electron chi connectivity index (χ2n) is 4.61. The average Bonchev–Trinajstić information content (AvgIpc) is 2.66. The van der Waals surface area contributed by atoms with Crippen LogP contribution in [-0.2, 0) is 0 Å². The number of hydrogen-bond donors (Lipinski definition) is 1. The molecular weight excluding hydrogens is 170 g/mol. The van der Waals surface area contributed by atoms with Crippen molar-refractivity contribution in [2.75, 3.05) is 0 Å². The molecule has 2 N–H and O–H groups in total. The second-order valence-corrected chi connectivity index (χ2v) is 4.61. The Kier molecular flexibility index (Phi) is 5.04. The summed E-state index contributed by atoms with van der Waals surface area (Å²) in [6.07, 6.45) is 13.7. The first-order chi connectivity index (χ1) is 6.77. The van der Waals surface area contributed by atoms with Crippen molar-refractivity contribution in [1.29, 1.82) is 0 Å². The molecule has 0 heterocycles. The van der Waals surface area contributed by atoms with Crippen molar-refractivity contribution < 1.29 is 0 Å². The van der Waals surface area contributed by atoms with Crippen LogP contribution in [-0.4, -0.2) is 6.04 Å². The molecule has 1 nitrogen and oxygen atoms in total.